The minimum absolute atomic E-state index is 0.00669. The Morgan fingerprint density at radius 2 is 1.59 bits per heavy atom. The Morgan fingerprint density at radius 3 is 2.22 bits per heavy atom. The van der Waals surface area contributed by atoms with Crippen molar-refractivity contribution in [1.82, 2.24) is 10.2 Å². The number of aliphatic carboxylic acids is 1. The molecule has 0 saturated carbocycles. The molecule has 2 heterocycles. The Labute approximate surface area is 215 Å². The molecular formula is C23H28N2O11S. The van der Waals surface area contributed by atoms with E-state index in [0.717, 1.165) is 4.90 Å². The number of nitrogens with zero attached hydrogens (tertiary/aromatic N) is 1. The zero-order chi connectivity index (χ0) is 26.8. The van der Waals surface area contributed by atoms with Crippen molar-refractivity contribution < 1.29 is 52.6 Å². The number of rotatable bonds is 16. The minimum atomic E-state index is -1.64. The van der Waals surface area contributed by atoms with Crippen LogP contribution in [0.15, 0.2) is 23.1 Å². The van der Waals surface area contributed by atoms with Gasteiger partial charge in [-0.2, -0.15) is 0 Å². The molecule has 0 radical (unpaired) electrons. The summed E-state index contributed by atoms with van der Waals surface area (Å²) in [5.41, 5.74) is 0.0813. The molecule has 0 bridgehead atoms. The largest absolute Gasteiger partial charge is 0.611 e. The number of imide groups is 2. The maximum atomic E-state index is 13.1. The van der Waals surface area contributed by atoms with Gasteiger partial charge in [-0.15, -0.1) is 0 Å². The summed E-state index contributed by atoms with van der Waals surface area (Å²) in [7, 11) is 0. The number of hydrogen-bond acceptors (Lipinski definition) is 10. The lowest BCUT2D eigenvalue weighted by Crippen LogP contribution is -2.54. The van der Waals surface area contributed by atoms with Crippen LogP contribution in [0, 0.1) is 0 Å². The second-order valence-electron chi connectivity index (χ2n) is 7.96. The summed E-state index contributed by atoms with van der Waals surface area (Å²) in [5.74, 6) is -3.49. The van der Waals surface area contributed by atoms with E-state index in [1.807, 2.05) is 0 Å². The molecule has 1 aromatic rings. The Bertz CT molecular complexity index is 1020. The zero-order valence-electron chi connectivity index (χ0n) is 20.0. The zero-order valence-corrected chi connectivity index (χ0v) is 20.8. The second kappa shape index (κ2) is 14.2. The van der Waals surface area contributed by atoms with Crippen LogP contribution < -0.4 is 5.32 Å². The first-order valence-electron chi connectivity index (χ1n) is 11.6. The standard InChI is InChI=1S/C23H28N2O11S/c26-18-5-4-16(21(29)24-18)25-22(30)15-2-1-3-17(20(15)23(25)31)37(32)13-12-35-9-8-33-6-7-34-10-11-36-14-19(27)28/h1-3,16H,4-14H2,(H,27,28)(H,24,26,29). The van der Waals surface area contributed by atoms with Gasteiger partial charge in [-0.3, -0.25) is 29.4 Å². The maximum absolute atomic E-state index is 13.1. The van der Waals surface area contributed by atoms with Crippen LogP contribution >= 0.6 is 0 Å². The molecule has 14 heteroatoms. The van der Waals surface area contributed by atoms with Crippen LogP contribution in [-0.4, -0.2) is 109 Å². The predicted octanol–water partition coefficient (Wildman–Crippen LogP) is -0.654. The Balaban J connectivity index is 1.38. The third-order valence-corrected chi connectivity index (χ3v) is 6.80. The van der Waals surface area contributed by atoms with Crippen molar-refractivity contribution in [2.24, 2.45) is 0 Å². The van der Waals surface area contributed by atoms with Gasteiger partial charge in [-0.05, 0) is 29.7 Å². The lowest BCUT2D eigenvalue weighted by atomic mass is 10.0. The Kier molecular flexibility index (Phi) is 11.0. The van der Waals surface area contributed by atoms with E-state index in [1.54, 1.807) is 0 Å². The summed E-state index contributed by atoms with van der Waals surface area (Å²) in [4.78, 5) is 60.9. The smallest absolute Gasteiger partial charge is 0.329 e. The van der Waals surface area contributed by atoms with Gasteiger partial charge in [0.25, 0.3) is 11.8 Å². The molecule has 3 rings (SSSR count). The van der Waals surface area contributed by atoms with Crippen molar-refractivity contribution in [2.75, 3.05) is 58.6 Å². The molecule has 2 aliphatic heterocycles. The maximum Gasteiger partial charge on any atom is 0.329 e. The van der Waals surface area contributed by atoms with E-state index in [9.17, 15) is 28.5 Å². The number of benzene rings is 1. The van der Waals surface area contributed by atoms with Gasteiger partial charge >= 0.3 is 5.97 Å². The van der Waals surface area contributed by atoms with E-state index in [-0.39, 0.29) is 74.3 Å². The molecule has 0 aromatic heterocycles. The van der Waals surface area contributed by atoms with Crippen molar-refractivity contribution >= 4 is 40.8 Å². The SMILES string of the molecule is O=C(O)COCCOCCOCCOCC[S+]([O-])c1cccc2c1C(=O)N(C1CCC(=O)NC1=O)C2=O. The van der Waals surface area contributed by atoms with Gasteiger partial charge in [-0.25, -0.2) is 4.79 Å². The molecule has 2 unspecified atom stereocenters. The van der Waals surface area contributed by atoms with Gasteiger partial charge in [0, 0.05) is 6.42 Å². The number of carbonyl (C=O) groups excluding carboxylic acids is 4. The topological polar surface area (TPSA) is 181 Å². The number of carboxylic acids is 1. The van der Waals surface area contributed by atoms with Crippen molar-refractivity contribution in [2.45, 2.75) is 23.8 Å². The van der Waals surface area contributed by atoms with E-state index < -0.39 is 46.8 Å². The van der Waals surface area contributed by atoms with Crippen LogP contribution in [0.25, 0.3) is 0 Å². The molecule has 37 heavy (non-hydrogen) atoms. The van der Waals surface area contributed by atoms with Gasteiger partial charge in [0.2, 0.25) is 11.8 Å². The highest BCUT2D eigenvalue weighted by atomic mass is 32.2. The number of carbonyl (C=O) groups is 5. The van der Waals surface area contributed by atoms with Crippen LogP contribution in [-0.2, 0) is 44.5 Å². The molecule has 4 amide bonds. The van der Waals surface area contributed by atoms with E-state index in [0.29, 0.717) is 13.2 Å². The Hall–Kier alpha value is -2.88. The van der Waals surface area contributed by atoms with E-state index >= 15 is 0 Å². The number of amides is 4. The lowest BCUT2D eigenvalue weighted by molar-refractivity contribution is -0.143. The highest BCUT2D eigenvalue weighted by molar-refractivity contribution is 7.91. The van der Waals surface area contributed by atoms with Crippen molar-refractivity contribution in [3.8, 4) is 0 Å². The average Bonchev–Trinajstić information content (AvgIpc) is 3.11. The molecule has 2 aliphatic rings. The minimum Gasteiger partial charge on any atom is -0.611 e. The highest BCUT2D eigenvalue weighted by Crippen LogP contribution is 2.32. The Morgan fingerprint density at radius 1 is 0.973 bits per heavy atom. The molecule has 0 aliphatic carbocycles. The predicted molar refractivity (Wildman–Crippen MR) is 125 cm³/mol. The van der Waals surface area contributed by atoms with Crippen LogP contribution in [0.1, 0.15) is 33.6 Å². The summed E-state index contributed by atoms with van der Waals surface area (Å²) in [6.07, 6.45) is 0.0536. The monoisotopic (exact) mass is 540 g/mol. The van der Waals surface area contributed by atoms with Gasteiger partial charge < -0.3 is 28.6 Å². The summed E-state index contributed by atoms with van der Waals surface area (Å²) >= 11 is -1.64. The fourth-order valence-corrected chi connectivity index (χ4v) is 4.88. The molecule has 2 atom stereocenters. The number of ether oxygens (including phenoxy) is 4. The van der Waals surface area contributed by atoms with Crippen LogP contribution in [0.5, 0.6) is 0 Å². The van der Waals surface area contributed by atoms with Gasteiger partial charge in [0.1, 0.15) is 24.0 Å². The molecule has 202 valence electrons. The summed E-state index contributed by atoms with van der Waals surface area (Å²) in [5, 5.41) is 10.6. The van der Waals surface area contributed by atoms with Crippen LogP contribution in [0.4, 0.5) is 0 Å². The quantitative estimate of drug-likeness (QED) is 0.154. The van der Waals surface area contributed by atoms with Crippen molar-refractivity contribution in [1.29, 1.82) is 0 Å². The fourth-order valence-electron chi connectivity index (χ4n) is 3.74. The normalized spacial score (nSPS) is 18.2. The molecule has 0 spiro atoms. The molecule has 1 aromatic carbocycles. The first kappa shape index (κ1) is 28.7. The summed E-state index contributed by atoms with van der Waals surface area (Å²) < 4.78 is 33.7. The van der Waals surface area contributed by atoms with E-state index in [1.165, 1.54) is 18.2 Å². The number of hydrogen-bond donors (Lipinski definition) is 2. The molecule has 13 nitrogen and oxygen atoms in total. The fraction of sp³-hybridized carbons (Fsp3) is 0.522. The molecule has 2 N–H and O–H groups in total. The number of nitrogens with one attached hydrogen (secondary N) is 1. The van der Waals surface area contributed by atoms with Crippen LogP contribution in [0.3, 0.4) is 0 Å². The van der Waals surface area contributed by atoms with E-state index in [2.05, 4.69) is 5.32 Å². The van der Waals surface area contributed by atoms with Crippen LogP contribution in [0.2, 0.25) is 0 Å². The molecular weight excluding hydrogens is 512 g/mol. The number of piperidine rings is 1. The average molecular weight is 541 g/mol. The van der Waals surface area contributed by atoms with Gasteiger partial charge in [0.15, 0.2) is 4.90 Å². The number of fused-ring (bicyclic) bond motifs is 1. The number of carboxylic acid groups (broad SMARTS) is 1. The lowest BCUT2D eigenvalue weighted by Gasteiger charge is -2.27. The first-order chi connectivity index (χ1) is 17.8. The third-order valence-electron chi connectivity index (χ3n) is 5.43. The van der Waals surface area contributed by atoms with Gasteiger partial charge in [-0.1, -0.05) is 6.07 Å². The van der Waals surface area contributed by atoms with Crippen molar-refractivity contribution in [3.63, 3.8) is 0 Å². The summed E-state index contributed by atoms with van der Waals surface area (Å²) in [6.45, 7) is 1.31. The second-order valence-corrected chi connectivity index (χ2v) is 9.50. The first-order valence-corrected chi connectivity index (χ1v) is 12.9. The molecule has 1 fully saturated rings. The summed E-state index contributed by atoms with van der Waals surface area (Å²) in [6, 6.07) is 3.39. The van der Waals surface area contributed by atoms with E-state index in [4.69, 9.17) is 24.1 Å². The highest BCUT2D eigenvalue weighted by Gasteiger charge is 2.47. The third kappa shape index (κ3) is 7.80. The van der Waals surface area contributed by atoms with Gasteiger partial charge in [0.05, 0.1) is 51.8 Å². The van der Waals surface area contributed by atoms with Crippen molar-refractivity contribution in [3.05, 3.63) is 29.3 Å². The molecule has 1 saturated heterocycles.